The van der Waals surface area contributed by atoms with Gasteiger partial charge in [0.05, 0.1) is 24.3 Å². The van der Waals surface area contributed by atoms with E-state index in [9.17, 15) is 9.59 Å². The lowest BCUT2D eigenvalue weighted by molar-refractivity contribution is 0.0516. The van der Waals surface area contributed by atoms with Crippen LogP contribution in [0, 0.1) is 0 Å². The largest absolute Gasteiger partial charge is 0.489 e. The number of ether oxygens (including phenoxy) is 4. The summed E-state index contributed by atoms with van der Waals surface area (Å²) in [6.07, 6.45) is 3.73. The molecular weight excluding hydrogens is 432 g/mol. The highest BCUT2D eigenvalue weighted by Gasteiger charge is 2.24. The first-order chi connectivity index (χ1) is 16.3. The molecule has 6 nitrogen and oxygen atoms in total. The summed E-state index contributed by atoms with van der Waals surface area (Å²) in [6.45, 7) is 12.9. The van der Waals surface area contributed by atoms with E-state index in [0.29, 0.717) is 30.9 Å². The Labute approximate surface area is 201 Å². The van der Waals surface area contributed by atoms with Crippen LogP contribution in [0.15, 0.2) is 60.2 Å². The van der Waals surface area contributed by atoms with Crippen LogP contribution in [-0.2, 0) is 22.3 Å². The third kappa shape index (κ3) is 6.28. The van der Waals surface area contributed by atoms with Gasteiger partial charge in [-0.1, -0.05) is 12.7 Å². The van der Waals surface area contributed by atoms with Gasteiger partial charge in [-0.05, 0) is 92.8 Å². The van der Waals surface area contributed by atoms with E-state index in [0.717, 1.165) is 41.0 Å². The zero-order valence-electron chi connectivity index (χ0n) is 20.3. The van der Waals surface area contributed by atoms with E-state index < -0.39 is 0 Å². The monoisotopic (exact) mass is 464 g/mol. The number of rotatable bonds is 5. The Hall–Kier alpha value is -3.54. The second-order valence-electron chi connectivity index (χ2n) is 8.29. The number of esters is 2. The van der Waals surface area contributed by atoms with Gasteiger partial charge in [0.25, 0.3) is 0 Å². The van der Waals surface area contributed by atoms with Crippen molar-refractivity contribution in [2.75, 3.05) is 19.8 Å². The lowest BCUT2D eigenvalue weighted by Crippen LogP contribution is -2.13. The SMILES string of the molecule is C=C(C)C1Cc2cc(C(=O)OCC)ccc2O1.CCOC(=O)c1ccc2c(c1)CC=C(C)CO2. The van der Waals surface area contributed by atoms with Gasteiger partial charge < -0.3 is 18.9 Å². The molecule has 2 aromatic rings. The summed E-state index contributed by atoms with van der Waals surface area (Å²) in [5.74, 6) is 1.13. The molecule has 0 amide bonds. The molecule has 4 rings (SSSR count). The van der Waals surface area contributed by atoms with E-state index in [-0.39, 0.29) is 18.0 Å². The van der Waals surface area contributed by atoms with E-state index in [2.05, 4.69) is 12.7 Å². The molecule has 2 aromatic carbocycles. The second-order valence-corrected chi connectivity index (χ2v) is 8.29. The van der Waals surface area contributed by atoms with Crippen molar-refractivity contribution < 1.29 is 28.5 Å². The van der Waals surface area contributed by atoms with Crippen LogP contribution in [-0.4, -0.2) is 37.9 Å². The Morgan fingerprint density at radius 3 is 2.15 bits per heavy atom. The molecule has 0 radical (unpaired) electrons. The maximum absolute atomic E-state index is 11.6. The van der Waals surface area contributed by atoms with Crippen molar-refractivity contribution in [1.82, 2.24) is 0 Å². The van der Waals surface area contributed by atoms with E-state index in [1.165, 1.54) is 5.57 Å². The van der Waals surface area contributed by atoms with Crippen LogP contribution >= 0.6 is 0 Å². The number of allylic oxidation sites excluding steroid dienone is 1. The van der Waals surface area contributed by atoms with Crippen molar-refractivity contribution in [2.24, 2.45) is 0 Å². The summed E-state index contributed by atoms with van der Waals surface area (Å²) < 4.78 is 21.3. The molecule has 0 saturated carbocycles. The number of fused-ring (bicyclic) bond motifs is 2. The minimum Gasteiger partial charge on any atom is -0.489 e. The topological polar surface area (TPSA) is 71.1 Å². The van der Waals surface area contributed by atoms with Crippen molar-refractivity contribution in [3.63, 3.8) is 0 Å². The molecule has 6 heteroatoms. The van der Waals surface area contributed by atoms with Crippen LogP contribution in [0.1, 0.15) is 59.5 Å². The Balaban J connectivity index is 0.000000191. The first kappa shape index (κ1) is 25.1. The molecule has 2 aliphatic heterocycles. The summed E-state index contributed by atoms with van der Waals surface area (Å²) in [5, 5.41) is 0. The maximum Gasteiger partial charge on any atom is 0.338 e. The first-order valence-electron chi connectivity index (χ1n) is 11.5. The summed E-state index contributed by atoms with van der Waals surface area (Å²) >= 11 is 0. The zero-order chi connectivity index (χ0) is 24.7. The molecule has 2 heterocycles. The van der Waals surface area contributed by atoms with Gasteiger partial charge in [0.2, 0.25) is 0 Å². The van der Waals surface area contributed by atoms with Gasteiger partial charge in [-0.2, -0.15) is 0 Å². The van der Waals surface area contributed by atoms with E-state index in [1.54, 1.807) is 26.0 Å². The molecule has 0 saturated heterocycles. The van der Waals surface area contributed by atoms with Crippen LogP contribution in [0.2, 0.25) is 0 Å². The predicted molar refractivity (Wildman–Crippen MR) is 131 cm³/mol. The van der Waals surface area contributed by atoms with Gasteiger partial charge in [0.15, 0.2) is 0 Å². The minimum atomic E-state index is -0.283. The van der Waals surface area contributed by atoms with Gasteiger partial charge in [0, 0.05) is 6.42 Å². The molecular formula is C28H32O6. The average Bonchev–Trinajstić information content (AvgIpc) is 3.17. The quantitative estimate of drug-likeness (QED) is 0.431. The fourth-order valence-electron chi connectivity index (χ4n) is 3.62. The number of hydrogen-bond acceptors (Lipinski definition) is 6. The lowest BCUT2D eigenvalue weighted by atomic mass is 10.0. The number of carbonyl (C=O) groups excluding carboxylic acids is 2. The summed E-state index contributed by atoms with van der Waals surface area (Å²) in [4.78, 5) is 23.2. The van der Waals surface area contributed by atoms with Gasteiger partial charge in [0.1, 0.15) is 24.2 Å². The molecule has 1 unspecified atom stereocenters. The third-order valence-electron chi connectivity index (χ3n) is 5.49. The van der Waals surface area contributed by atoms with Crippen molar-refractivity contribution in [2.45, 2.75) is 46.6 Å². The van der Waals surface area contributed by atoms with Gasteiger partial charge >= 0.3 is 11.9 Å². The number of benzene rings is 2. The highest BCUT2D eigenvalue weighted by atomic mass is 16.5. The minimum absolute atomic E-state index is 0.0300. The first-order valence-corrected chi connectivity index (χ1v) is 11.5. The Morgan fingerprint density at radius 1 is 0.971 bits per heavy atom. The zero-order valence-corrected chi connectivity index (χ0v) is 20.3. The van der Waals surface area contributed by atoms with Gasteiger partial charge in [-0.15, -0.1) is 0 Å². The summed E-state index contributed by atoms with van der Waals surface area (Å²) in [7, 11) is 0. The number of hydrogen-bond donors (Lipinski definition) is 0. The van der Waals surface area contributed by atoms with Crippen molar-refractivity contribution in [3.05, 3.63) is 82.5 Å². The molecule has 0 N–H and O–H groups in total. The molecule has 34 heavy (non-hydrogen) atoms. The van der Waals surface area contributed by atoms with E-state index >= 15 is 0 Å². The molecule has 180 valence electrons. The standard InChI is InChI=1S/2C14H16O3/c1-4-16-14(15)10-5-6-12-11(7-10)8-13(17-12)9(2)3;1-3-16-14(15)12-6-7-13-11(8-12)5-4-10(2)9-17-13/h5-7,13H,2,4,8H2,1,3H3;4,6-8H,3,5,9H2,1-2H3. The van der Waals surface area contributed by atoms with E-state index in [1.807, 2.05) is 38.1 Å². The Kier molecular flexibility index (Phi) is 8.52. The van der Waals surface area contributed by atoms with Crippen molar-refractivity contribution in [1.29, 1.82) is 0 Å². The molecule has 0 spiro atoms. The molecule has 2 aliphatic rings. The van der Waals surface area contributed by atoms with Crippen molar-refractivity contribution >= 4 is 11.9 Å². The Bertz CT molecular complexity index is 1100. The number of carbonyl (C=O) groups is 2. The summed E-state index contributed by atoms with van der Waals surface area (Å²) in [5.41, 5.74) is 5.45. The highest BCUT2D eigenvalue weighted by molar-refractivity contribution is 5.90. The van der Waals surface area contributed by atoms with Crippen LogP contribution in [0.4, 0.5) is 0 Å². The van der Waals surface area contributed by atoms with Crippen LogP contribution in [0.25, 0.3) is 0 Å². The Morgan fingerprint density at radius 2 is 1.56 bits per heavy atom. The summed E-state index contributed by atoms with van der Waals surface area (Å²) in [6, 6.07) is 10.8. The maximum atomic E-state index is 11.6. The molecule has 0 fully saturated rings. The van der Waals surface area contributed by atoms with Crippen LogP contribution in [0.3, 0.4) is 0 Å². The predicted octanol–water partition coefficient (Wildman–Crippen LogP) is 5.49. The van der Waals surface area contributed by atoms with Gasteiger partial charge in [-0.25, -0.2) is 9.59 Å². The third-order valence-corrected chi connectivity index (χ3v) is 5.49. The fourth-order valence-corrected chi connectivity index (χ4v) is 3.62. The smallest absolute Gasteiger partial charge is 0.338 e. The van der Waals surface area contributed by atoms with Crippen LogP contribution in [0.5, 0.6) is 11.5 Å². The normalized spacial score (nSPS) is 15.6. The highest BCUT2D eigenvalue weighted by Crippen LogP contribution is 2.32. The van der Waals surface area contributed by atoms with Crippen molar-refractivity contribution in [3.8, 4) is 11.5 Å². The second kappa shape index (κ2) is 11.5. The van der Waals surface area contributed by atoms with Crippen LogP contribution < -0.4 is 9.47 Å². The van der Waals surface area contributed by atoms with E-state index in [4.69, 9.17) is 18.9 Å². The lowest BCUT2D eigenvalue weighted by Gasteiger charge is -2.09. The molecule has 0 bridgehead atoms. The molecule has 1 atom stereocenters. The van der Waals surface area contributed by atoms with Gasteiger partial charge in [-0.3, -0.25) is 0 Å². The molecule has 0 aromatic heterocycles. The fraction of sp³-hybridized carbons (Fsp3) is 0.357. The average molecular weight is 465 g/mol. The molecule has 0 aliphatic carbocycles.